The van der Waals surface area contributed by atoms with Crippen LogP contribution in [0, 0.1) is 11.2 Å². The summed E-state index contributed by atoms with van der Waals surface area (Å²) in [6.07, 6.45) is 8.56. The highest BCUT2D eigenvalue weighted by Crippen LogP contribution is 2.51. The number of anilines is 1. The molecule has 0 heterocycles. The number of primary amides is 1. The zero-order valence-electron chi connectivity index (χ0n) is 12.3. The van der Waals surface area contributed by atoms with Crippen LogP contribution in [0.25, 0.3) is 0 Å². The number of para-hydroxylation sites is 1. The largest absolute Gasteiger partial charge is 0.369 e. The molecule has 3 nitrogen and oxygen atoms in total. The van der Waals surface area contributed by atoms with Crippen molar-refractivity contribution in [3.05, 3.63) is 30.1 Å². The second kappa shape index (κ2) is 5.32. The number of nitrogens with one attached hydrogen (secondary N) is 1. The summed E-state index contributed by atoms with van der Waals surface area (Å²) in [5, 5.41) is 3.12. The van der Waals surface area contributed by atoms with E-state index >= 15 is 0 Å². The normalized spacial score (nSPS) is 23.1. The summed E-state index contributed by atoms with van der Waals surface area (Å²) in [4.78, 5) is 12.0. The van der Waals surface area contributed by atoms with Gasteiger partial charge in [-0.1, -0.05) is 25.0 Å². The Labute approximate surface area is 125 Å². The number of carbonyl (C=O) groups excluding carboxylic acids is 1. The van der Waals surface area contributed by atoms with Gasteiger partial charge in [0.1, 0.15) is 11.4 Å². The van der Waals surface area contributed by atoms with E-state index in [0.29, 0.717) is 23.9 Å². The smallest absolute Gasteiger partial charge is 0.243 e. The first-order chi connectivity index (χ1) is 10.1. The van der Waals surface area contributed by atoms with Crippen molar-refractivity contribution < 1.29 is 9.18 Å². The molecule has 0 unspecified atom stereocenters. The lowest BCUT2D eigenvalue weighted by Crippen LogP contribution is -2.54. The van der Waals surface area contributed by atoms with Crippen LogP contribution in [-0.2, 0) is 4.79 Å². The fourth-order valence-corrected chi connectivity index (χ4v) is 4.09. The fraction of sp³-hybridized carbons (Fsp3) is 0.588. The Balaban J connectivity index is 1.79. The number of benzene rings is 1. The number of halogens is 1. The Morgan fingerprint density at radius 2 is 1.67 bits per heavy atom. The Kier molecular flexibility index (Phi) is 3.64. The van der Waals surface area contributed by atoms with E-state index in [9.17, 15) is 9.18 Å². The molecule has 0 aliphatic heterocycles. The van der Waals surface area contributed by atoms with Crippen LogP contribution in [0.4, 0.5) is 10.1 Å². The van der Waals surface area contributed by atoms with Crippen molar-refractivity contribution in [3.63, 3.8) is 0 Å². The molecule has 114 valence electrons. The fourth-order valence-electron chi connectivity index (χ4n) is 4.09. The van der Waals surface area contributed by atoms with Crippen LogP contribution in [-0.4, -0.2) is 11.4 Å². The molecule has 3 rings (SSSR count). The molecular weight excluding hydrogens is 267 g/mol. The number of hydrogen-bond donors (Lipinski definition) is 2. The second-order valence-electron chi connectivity index (χ2n) is 6.76. The molecule has 21 heavy (non-hydrogen) atoms. The molecular formula is C17H23FN2O. The molecule has 2 aliphatic carbocycles. The Morgan fingerprint density at radius 3 is 2.24 bits per heavy atom. The van der Waals surface area contributed by atoms with E-state index < -0.39 is 5.54 Å². The first-order valence-corrected chi connectivity index (χ1v) is 7.88. The van der Waals surface area contributed by atoms with Crippen LogP contribution in [0.5, 0.6) is 0 Å². The van der Waals surface area contributed by atoms with Crippen LogP contribution >= 0.6 is 0 Å². The van der Waals surface area contributed by atoms with Crippen LogP contribution in [0.15, 0.2) is 24.3 Å². The highest BCUT2D eigenvalue weighted by atomic mass is 19.1. The molecule has 1 spiro atoms. The molecule has 0 bridgehead atoms. The first-order valence-electron chi connectivity index (χ1n) is 7.88. The highest BCUT2D eigenvalue weighted by molar-refractivity contribution is 5.88. The SMILES string of the molecule is NC(=O)C1(Nc2ccccc2F)CCC2(CCCC2)CC1. The van der Waals surface area contributed by atoms with Crippen LogP contribution in [0.1, 0.15) is 51.4 Å². The van der Waals surface area contributed by atoms with E-state index in [-0.39, 0.29) is 11.7 Å². The number of nitrogens with two attached hydrogens (primary N) is 1. The third kappa shape index (κ3) is 2.63. The van der Waals surface area contributed by atoms with Crippen LogP contribution in [0.2, 0.25) is 0 Å². The molecule has 0 radical (unpaired) electrons. The van der Waals surface area contributed by atoms with Crippen molar-refractivity contribution in [2.45, 2.75) is 56.9 Å². The lowest BCUT2D eigenvalue weighted by atomic mass is 9.66. The van der Waals surface area contributed by atoms with Crippen molar-refractivity contribution in [3.8, 4) is 0 Å². The molecule has 2 saturated carbocycles. The molecule has 1 aromatic carbocycles. The zero-order chi connectivity index (χ0) is 14.9. The van der Waals surface area contributed by atoms with Gasteiger partial charge in [-0.15, -0.1) is 0 Å². The van der Waals surface area contributed by atoms with Crippen molar-refractivity contribution >= 4 is 11.6 Å². The van der Waals surface area contributed by atoms with E-state index in [2.05, 4.69) is 5.32 Å². The molecule has 0 atom stereocenters. The second-order valence-corrected chi connectivity index (χ2v) is 6.76. The zero-order valence-corrected chi connectivity index (χ0v) is 12.3. The summed E-state index contributed by atoms with van der Waals surface area (Å²) in [5.41, 5.74) is 5.65. The van der Waals surface area contributed by atoms with Gasteiger partial charge in [0.25, 0.3) is 0 Å². The maximum atomic E-state index is 13.9. The Morgan fingerprint density at radius 1 is 1.05 bits per heavy atom. The van der Waals surface area contributed by atoms with Crippen molar-refractivity contribution in [1.82, 2.24) is 0 Å². The van der Waals surface area contributed by atoms with Gasteiger partial charge in [-0.2, -0.15) is 0 Å². The van der Waals surface area contributed by atoms with E-state index in [1.165, 1.54) is 31.7 Å². The molecule has 3 N–H and O–H groups in total. The number of hydrogen-bond acceptors (Lipinski definition) is 2. The molecule has 1 aromatic rings. The summed E-state index contributed by atoms with van der Waals surface area (Å²) in [7, 11) is 0. The van der Waals surface area contributed by atoms with E-state index in [4.69, 9.17) is 5.73 Å². The van der Waals surface area contributed by atoms with Gasteiger partial charge in [-0.05, 0) is 56.1 Å². The molecule has 1 amide bonds. The molecule has 0 aromatic heterocycles. The third-order valence-corrected chi connectivity index (χ3v) is 5.55. The van der Waals surface area contributed by atoms with Crippen molar-refractivity contribution in [2.24, 2.45) is 11.1 Å². The number of rotatable bonds is 3. The minimum atomic E-state index is -0.796. The quantitative estimate of drug-likeness (QED) is 0.893. The summed E-state index contributed by atoms with van der Waals surface area (Å²) < 4.78 is 13.9. The van der Waals surface area contributed by atoms with E-state index in [1.807, 2.05) is 0 Å². The maximum Gasteiger partial charge on any atom is 0.243 e. The predicted octanol–water partition coefficient (Wildman–Crippen LogP) is 3.60. The van der Waals surface area contributed by atoms with Gasteiger partial charge in [0.2, 0.25) is 5.91 Å². The molecule has 2 fully saturated rings. The van der Waals surface area contributed by atoms with Gasteiger partial charge in [0.15, 0.2) is 0 Å². The minimum Gasteiger partial charge on any atom is -0.369 e. The maximum absolute atomic E-state index is 13.9. The van der Waals surface area contributed by atoms with Gasteiger partial charge < -0.3 is 11.1 Å². The average molecular weight is 290 g/mol. The highest BCUT2D eigenvalue weighted by Gasteiger charge is 2.47. The third-order valence-electron chi connectivity index (χ3n) is 5.55. The molecule has 0 saturated heterocycles. The Bertz CT molecular complexity index is 527. The molecule has 2 aliphatic rings. The van der Waals surface area contributed by atoms with Crippen molar-refractivity contribution in [2.75, 3.05) is 5.32 Å². The van der Waals surface area contributed by atoms with Gasteiger partial charge in [0.05, 0.1) is 5.69 Å². The van der Waals surface area contributed by atoms with Gasteiger partial charge in [0, 0.05) is 0 Å². The first kappa shape index (κ1) is 14.4. The lowest BCUT2D eigenvalue weighted by molar-refractivity contribution is -0.124. The lowest BCUT2D eigenvalue weighted by Gasteiger charge is -2.44. The van der Waals surface area contributed by atoms with Gasteiger partial charge >= 0.3 is 0 Å². The topological polar surface area (TPSA) is 55.1 Å². The monoisotopic (exact) mass is 290 g/mol. The van der Waals surface area contributed by atoms with Gasteiger partial charge in [-0.25, -0.2) is 4.39 Å². The standard InChI is InChI=1S/C17H23FN2O/c18-13-5-1-2-6-14(13)20-17(15(19)21)11-9-16(10-12-17)7-3-4-8-16/h1-2,5-6,20H,3-4,7-12H2,(H2,19,21). The summed E-state index contributed by atoms with van der Waals surface area (Å²) >= 11 is 0. The Hall–Kier alpha value is -1.58. The van der Waals surface area contributed by atoms with Gasteiger partial charge in [-0.3, -0.25) is 4.79 Å². The summed E-state index contributed by atoms with van der Waals surface area (Å²) in [5.74, 6) is -0.696. The number of amides is 1. The van der Waals surface area contributed by atoms with E-state index in [0.717, 1.165) is 12.8 Å². The van der Waals surface area contributed by atoms with Crippen LogP contribution in [0.3, 0.4) is 0 Å². The average Bonchev–Trinajstić information content (AvgIpc) is 2.93. The molecule has 4 heteroatoms. The summed E-state index contributed by atoms with van der Waals surface area (Å²) in [6, 6.07) is 6.48. The minimum absolute atomic E-state index is 0.334. The van der Waals surface area contributed by atoms with E-state index in [1.54, 1.807) is 18.2 Å². The van der Waals surface area contributed by atoms with Crippen molar-refractivity contribution in [1.29, 1.82) is 0 Å². The van der Waals surface area contributed by atoms with Crippen LogP contribution < -0.4 is 11.1 Å². The number of carbonyl (C=O) groups is 1. The summed E-state index contributed by atoms with van der Waals surface area (Å²) in [6.45, 7) is 0. The predicted molar refractivity (Wildman–Crippen MR) is 81.3 cm³/mol.